The average Bonchev–Trinajstić information content (AvgIpc) is 3.12. The van der Waals surface area contributed by atoms with Crippen molar-refractivity contribution in [2.45, 2.75) is 37.8 Å². The van der Waals surface area contributed by atoms with Crippen molar-refractivity contribution in [1.29, 1.82) is 0 Å². The maximum absolute atomic E-state index is 12.9. The highest BCUT2D eigenvalue weighted by atomic mass is 32.1. The number of piperidine rings is 1. The molecule has 1 aromatic carbocycles. The number of fused-ring (bicyclic) bond motifs is 2. The molecule has 2 unspecified atom stereocenters. The summed E-state index contributed by atoms with van der Waals surface area (Å²) >= 11 is 1.54. The highest BCUT2D eigenvalue weighted by Gasteiger charge is 2.41. The zero-order chi connectivity index (χ0) is 15.1. The fraction of sp³-hybridized carbons (Fsp3) is 0.333. The Morgan fingerprint density at radius 3 is 2.55 bits per heavy atom. The Kier molecular flexibility index (Phi) is 3.34. The van der Waals surface area contributed by atoms with Gasteiger partial charge in [-0.3, -0.25) is 4.79 Å². The molecule has 22 heavy (non-hydrogen) atoms. The molecule has 2 fully saturated rings. The van der Waals surface area contributed by atoms with Crippen LogP contribution in [-0.2, 0) is 0 Å². The second-order valence-corrected chi connectivity index (χ2v) is 7.02. The molecule has 2 bridgehead atoms. The topological polar surface area (TPSA) is 33.2 Å². The minimum absolute atomic E-state index is 0.0958. The molecule has 4 heteroatoms. The lowest BCUT2D eigenvalue weighted by molar-refractivity contribution is 0.0630. The quantitative estimate of drug-likeness (QED) is 0.781. The lowest BCUT2D eigenvalue weighted by atomic mass is 9.98. The number of benzene rings is 1. The summed E-state index contributed by atoms with van der Waals surface area (Å²) in [5, 5.41) is 2.81. The Morgan fingerprint density at radius 2 is 1.86 bits per heavy atom. The summed E-state index contributed by atoms with van der Waals surface area (Å²) in [6.07, 6.45) is 4.12. The highest BCUT2D eigenvalue weighted by Crippen LogP contribution is 2.38. The molecule has 0 radical (unpaired) electrons. The summed E-state index contributed by atoms with van der Waals surface area (Å²) in [6.45, 7) is 4.11. The van der Waals surface area contributed by atoms with E-state index >= 15 is 0 Å². The van der Waals surface area contributed by atoms with E-state index in [1.54, 1.807) is 11.3 Å². The van der Waals surface area contributed by atoms with E-state index in [1.807, 2.05) is 35.7 Å². The SMILES string of the molecule is C=C1CC2CCC(C1)N2C(=O)c1csc(-c2ccccc2)n1. The van der Waals surface area contributed by atoms with Gasteiger partial charge in [-0.25, -0.2) is 4.98 Å². The Hall–Kier alpha value is -1.94. The van der Waals surface area contributed by atoms with E-state index in [0.717, 1.165) is 36.3 Å². The third-order valence-electron chi connectivity index (χ3n) is 4.65. The molecule has 0 spiro atoms. The molecule has 112 valence electrons. The van der Waals surface area contributed by atoms with Crippen molar-refractivity contribution in [3.05, 3.63) is 53.6 Å². The van der Waals surface area contributed by atoms with Crippen molar-refractivity contribution in [1.82, 2.24) is 9.88 Å². The predicted molar refractivity (Wildman–Crippen MR) is 88.9 cm³/mol. The number of nitrogens with zero attached hydrogens (tertiary/aromatic N) is 2. The molecule has 0 aliphatic carbocycles. The Balaban J connectivity index is 1.59. The first kappa shape index (κ1) is 13.7. The Morgan fingerprint density at radius 1 is 1.18 bits per heavy atom. The van der Waals surface area contributed by atoms with Crippen LogP contribution in [0.4, 0.5) is 0 Å². The fourth-order valence-electron chi connectivity index (χ4n) is 3.66. The molecule has 1 aromatic heterocycles. The Bertz CT molecular complexity index is 706. The van der Waals surface area contributed by atoms with Crippen LogP contribution in [0.15, 0.2) is 47.9 Å². The van der Waals surface area contributed by atoms with Gasteiger partial charge in [0.15, 0.2) is 0 Å². The van der Waals surface area contributed by atoms with Crippen LogP contribution in [0, 0.1) is 0 Å². The standard InChI is InChI=1S/C18H18N2OS/c1-12-9-14-7-8-15(10-12)20(14)18(21)16-11-22-17(19-16)13-5-3-2-4-6-13/h2-6,11,14-15H,1,7-10H2. The smallest absolute Gasteiger partial charge is 0.273 e. The van der Waals surface area contributed by atoms with Gasteiger partial charge in [0.1, 0.15) is 10.7 Å². The largest absolute Gasteiger partial charge is 0.331 e. The monoisotopic (exact) mass is 310 g/mol. The summed E-state index contributed by atoms with van der Waals surface area (Å²) in [5.41, 5.74) is 2.95. The van der Waals surface area contributed by atoms with E-state index in [4.69, 9.17) is 0 Å². The molecule has 4 rings (SSSR count). The molecule has 3 heterocycles. The predicted octanol–water partition coefficient (Wildman–Crippen LogP) is 4.13. The van der Waals surface area contributed by atoms with Gasteiger partial charge >= 0.3 is 0 Å². The molecule has 0 N–H and O–H groups in total. The number of amides is 1. The van der Waals surface area contributed by atoms with Crippen molar-refractivity contribution in [2.75, 3.05) is 0 Å². The van der Waals surface area contributed by atoms with E-state index < -0.39 is 0 Å². The number of carbonyl (C=O) groups is 1. The maximum Gasteiger partial charge on any atom is 0.273 e. The molecule has 2 aromatic rings. The third kappa shape index (κ3) is 2.28. The zero-order valence-corrected chi connectivity index (χ0v) is 13.2. The van der Waals surface area contributed by atoms with Gasteiger partial charge in [0.05, 0.1) is 0 Å². The highest BCUT2D eigenvalue weighted by molar-refractivity contribution is 7.13. The van der Waals surface area contributed by atoms with Crippen molar-refractivity contribution < 1.29 is 4.79 Å². The second-order valence-electron chi connectivity index (χ2n) is 6.16. The average molecular weight is 310 g/mol. The van der Waals surface area contributed by atoms with Gasteiger partial charge in [-0.15, -0.1) is 11.3 Å². The van der Waals surface area contributed by atoms with Crippen LogP contribution in [0.25, 0.3) is 10.6 Å². The van der Waals surface area contributed by atoms with Gasteiger partial charge in [-0.2, -0.15) is 0 Å². The van der Waals surface area contributed by atoms with Gasteiger partial charge in [-0.05, 0) is 25.7 Å². The third-order valence-corrected chi connectivity index (χ3v) is 5.54. The molecule has 2 aliphatic heterocycles. The first-order chi connectivity index (χ1) is 10.7. The Labute approximate surface area is 134 Å². The first-order valence-electron chi connectivity index (χ1n) is 7.72. The van der Waals surface area contributed by atoms with Crippen LogP contribution in [0.2, 0.25) is 0 Å². The molecular formula is C18H18N2OS. The number of carbonyl (C=O) groups excluding carboxylic acids is 1. The molecular weight excluding hydrogens is 292 g/mol. The van der Waals surface area contributed by atoms with Crippen LogP contribution in [-0.4, -0.2) is 27.9 Å². The minimum Gasteiger partial charge on any atom is -0.331 e. The fourth-order valence-corrected chi connectivity index (χ4v) is 4.46. The van der Waals surface area contributed by atoms with Crippen LogP contribution in [0.3, 0.4) is 0 Å². The van der Waals surface area contributed by atoms with E-state index in [1.165, 1.54) is 5.57 Å². The number of thiazole rings is 1. The van der Waals surface area contributed by atoms with Crippen LogP contribution in [0.1, 0.15) is 36.2 Å². The van der Waals surface area contributed by atoms with Gasteiger partial charge in [0.2, 0.25) is 0 Å². The molecule has 0 saturated carbocycles. The molecule has 3 nitrogen and oxygen atoms in total. The van der Waals surface area contributed by atoms with E-state index in [2.05, 4.69) is 16.5 Å². The summed E-state index contributed by atoms with van der Waals surface area (Å²) < 4.78 is 0. The number of hydrogen-bond acceptors (Lipinski definition) is 3. The van der Waals surface area contributed by atoms with Gasteiger partial charge in [-0.1, -0.05) is 42.5 Å². The van der Waals surface area contributed by atoms with Gasteiger partial charge in [0.25, 0.3) is 5.91 Å². The lowest BCUT2D eigenvalue weighted by Crippen LogP contribution is -2.44. The normalized spacial score (nSPS) is 23.8. The molecule has 2 saturated heterocycles. The molecule has 1 amide bonds. The van der Waals surface area contributed by atoms with E-state index in [-0.39, 0.29) is 5.91 Å². The van der Waals surface area contributed by atoms with Crippen molar-refractivity contribution in [3.63, 3.8) is 0 Å². The summed E-state index contributed by atoms with van der Waals surface area (Å²) in [7, 11) is 0. The van der Waals surface area contributed by atoms with Gasteiger partial charge in [0, 0.05) is 23.0 Å². The second kappa shape index (κ2) is 5.36. The maximum atomic E-state index is 12.9. The van der Waals surface area contributed by atoms with Crippen molar-refractivity contribution >= 4 is 17.2 Å². The van der Waals surface area contributed by atoms with E-state index in [0.29, 0.717) is 17.8 Å². The lowest BCUT2D eigenvalue weighted by Gasteiger charge is -2.35. The zero-order valence-electron chi connectivity index (χ0n) is 12.4. The molecule has 2 aliphatic rings. The van der Waals surface area contributed by atoms with Crippen molar-refractivity contribution in [2.24, 2.45) is 0 Å². The van der Waals surface area contributed by atoms with Gasteiger partial charge < -0.3 is 4.90 Å². The van der Waals surface area contributed by atoms with Crippen molar-refractivity contribution in [3.8, 4) is 10.6 Å². The van der Waals surface area contributed by atoms with Crippen LogP contribution < -0.4 is 0 Å². The first-order valence-corrected chi connectivity index (χ1v) is 8.60. The van der Waals surface area contributed by atoms with Crippen LogP contribution in [0.5, 0.6) is 0 Å². The number of hydrogen-bond donors (Lipinski definition) is 0. The number of rotatable bonds is 2. The summed E-state index contributed by atoms with van der Waals surface area (Å²) in [4.78, 5) is 19.5. The number of aromatic nitrogens is 1. The minimum atomic E-state index is 0.0958. The van der Waals surface area contributed by atoms with Crippen LogP contribution >= 0.6 is 11.3 Å². The van der Waals surface area contributed by atoms with E-state index in [9.17, 15) is 4.79 Å². The summed E-state index contributed by atoms with van der Waals surface area (Å²) in [6, 6.07) is 10.7. The summed E-state index contributed by atoms with van der Waals surface area (Å²) in [5.74, 6) is 0.0958. The molecule has 2 atom stereocenters.